The summed E-state index contributed by atoms with van der Waals surface area (Å²) in [7, 11) is 0. The van der Waals surface area contributed by atoms with E-state index in [9.17, 15) is 13.6 Å². The highest BCUT2D eigenvalue weighted by Crippen LogP contribution is 2.06. The first-order chi connectivity index (χ1) is 9.16. The Morgan fingerprint density at radius 2 is 1.84 bits per heavy atom. The number of rotatable bonds is 3. The molecule has 0 heterocycles. The Morgan fingerprint density at radius 3 is 2.53 bits per heavy atom. The van der Waals surface area contributed by atoms with E-state index in [1.54, 1.807) is 30.3 Å². The fraction of sp³-hybridized carbons (Fsp3) is 0. The number of hydrogen-bond donors (Lipinski definition) is 1. The van der Waals surface area contributed by atoms with E-state index in [-0.39, 0.29) is 5.56 Å². The summed E-state index contributed by atoms with van der Waals surface area (Å²) >= 11 is 0. The molecule has 19 heavy (non-hydrogen) atoms. The minimum Gasteiger partial charge on any atom is -0.267 e. The van der Waals surface area contributed by atoms with Gasteiger partial charge >= 0.3 is 0 Å². The Hall–Kier alpha value is -2.56. The van der Waals surface area contributed by atoms with E-state index in [1.165, 1.54) is 6.07 Å². The fourth-order valence-corrected chi connectivity index (χ4v) is 1.42. The second-order valence-electron chi connectivity index (χ2n) is 3.73. The van der Waals surface area contributed by atoms with E-state index < -0.39 is 17.5 Å². The first-order valence-corrected chi connectivity index (χ1v) is 5.50. The van der Waals surface area contributed by atoms with Crippen LogP contribution >= 0.6 is 0 Å². The van der Waals surface area contributed by atoms with Crippen molar-refractivity contribution in [2.45, 2.75) is 0 Å². The lowest BCUT2D eigenvalue weighted by molar-refractivity contribution is 0.0955. The van der Waals surface area contributed by atoms with Crippen LogP contribution in [0.4, 0.5) is 8.78 Å². The van der Waals surface area contributed by atoms with Crippen LogP contribution in [0.5, 0.6) is 0 Å². The van der Waals surface area contributed by atoms with Gasteiger partial charge in [-0.15, -0.1) is 0 Å². The number of halogens is 2. The predicted octanol–water partition coefficient (Wildman–Crippen LogP) is 2.73. The number of benzene rings is 2. The van der Waals surface area contributed by atoms with Crippen molar-refractivity contribution < 1.29 is 13.6 Å². The maximum Gasteiger partial charge on any atom is 0.271 e. The van der Waals surface area contributed by atoms with Gasteiger partial charge in [-0.1, -0.05) is 18.2 Å². The summed E-state index contributed by atoms with van der Waals surface area (Å²) in [5, 5.41) is 3.62. The van der Waals surface area contributed by atoms with Crippen molar-refractivity contribution in [2.24, 2.45) is 5.10 Å². The van der Waals surface area contributed by atoms with Crippen molar-refractivity contribution in [3.05, 3.63) is 71.3 Å². The van der Waals surface area contributed by atoms with Crippen molar-refractivity contribution in [2.75, 3.05) is 0 Å². The van der Waals surface area contributed by atoms with Gasteiger partial charge in [0.15, 0.2) is 0 Å². The Morgan fingerprint density at radius 1 is 1.11 bits per heavy atom. The quantitative estimate of drug-likeness (QED) is 0.669. The third-order valence-corrected chi connectivity index (χ3v) is 2.37. The Kier molecular flexibility index (Phi) is 3.97. The lowest BCUT2D eigenvalue weighted by atomic mass is 10.2. The van der Waals surface area contributed by atoms with Crippen molar-refractivity contribution >= 4 is 12.1 Å². The molecule has 3 nitrogen and oxygen atoms in total. The van der Waals surface area contributed by atoms with Gasteiger partial charge in [-0.3, -0.25) is 4.79 Å². The summed E-state index contributed by atoms with van der Waals surface area (Å²) in [6.45, 7) is 0. The van der Waals surface area contributed by atoms with Gasteiger partial charge in [0.25, 0.3) is 5.91 Å². The zero-order valence-electron chi connectivity index (χ0n) is 9.81. The van der Waals surface area contributed by atoms with Crippen molar-refractivity contribution in [3.63, 3.8) is 0 Å². The van der Waals surface area contributed by atoms with Crippen LogP contribution in [0.2, 0.25) is 0 Å². The van der Waals surface area contributed by atoms with Crippen LogP contribution < -0.4 is 5.43 Å². The van der Waals surface area contributed by atoms with E-state index in [1.807, 2.05) is 0 Å². The smallest absolute Gasteiger partial charge is 0.267 e. The molecule has 2 aromatic rings. The number of carbonyl (C=O) groups is 1. The highest BCUT2D eigenvalue weighted by molar-refractivity contribution is 5.94. The molecule has 0 aliphatic rings. The minimum atomic E-state index is -0.738. The molecule has 96 valence electrons. The third kappa shape index (κ3) is 3.45. The van der Waals surface area contributed by atoms with E-state index in [2.05, 4.69) is 10.5 Å². The molecule has 0 atom stereocenters. The van der Waals surface area contributed by atoms with Gasteiger partial charge in [0, 0.05) is 17.2 Å². The van der Waals surface area contributed by atoms with Crippen molar-refractivity contribution in [1.29, 1.82) is 0 Å². The number of nitrogens with zero attached hydrogens (tertiary/aromatic N) is 1. The van der Waals surface area contributed by atoms with Crippen LogP contribution in [-0.4, -0.2) is 12.1 Å². The number of hydrazone groups is 1. The summed E-state index contributed by atoms with van der Waals surface area (Å²) in [5.41, 5.74) is 2.80. The molecule has 0 aromatic heterocycles. The largest absolute Gasteiger partial charge is 0.271 e. The molecule has 0 spiro atoms. The maximum absolute atomic E-state index is 13.3. The lowest BCUT2D eigenvalue weighted by Gasteiger charge is -1.99. The Balaban J connectivity index is 2.02. The van der Waals surface area contributed by atoms with Gasteiger partial charge < -0.3 is 0 Å². The number of nitrogens with one attached hydrogen (secondary N) is 1. The molecule has 0 radical (unpaired) electrons. The van der Waals surface area contributed by atoms with Crippen LogP contribution in [0.15, 0.2) is 53.6 Å². The Labute approximate surface area is 108 Å². The zero-order chi connectivity index (χ0) is 13.7. The molecule has 0 aliphatic heterocycles. The number of amides is 1. The van der Waals surface area contributed by atoms with Crippen molar-refractivity contribution in [3.8, 4) is 0 Å². The van der Waals surface area contributed by atoms with Crippen LogP contribution in [0, 0.1) is 11.6 Å². The molecular formula is C14H10F2N2O. The summed E-state index contributed by atoms with van der Waals surface area (Å²) in [6.07, 6.45) is 1.12. The molecule has 1 N–H and O–H groups in total. The average Bonchev–Trinajstić information content (AvgIpc) is 2.42. The van der Waals surface area contributed by atoms with E-state index in [0.29, 0.717) is 5.56 Å². The van der Waals surface area contributed by atoms with Crippen LogP contribution in [0.25, 0.3) is 0 Å². The van der Waals surface area contributed by atoms with Crippen LogP contribution in [0.1, 0.15) is 15.9 Å². The SMILES string of the molecule is O=C(N/N=C\c1ccc(F)cc1F)c1ccccc1. The van der Waals surface area contributed by atoms with E-state index in [0.717, 1.165) is 18.3 Å². The number of hydrogen-bond acceptors (Lipinski definition) is 2. The van der Waals surface area contributed by atoms with Crippen LogP contribution in [-0.2, 0) is 0 Å². The number of carbonyl (C=O) groups excluding carboxylic acids is 1. The highest BCUT2D eigenvalue weighted by Gasteiger charge is 2.03. The van der Waals surface area contributed by atoms with Gasteiger partial charge in [-0.2, -0.15) is 5.10 Å². The van der Waals surface area contributed by atoms with Gasteiger partial charge in [0.1, 0.15) is 11.6 Å². The molecule has 2 aromatic carbocycles. The second kappa shape index (κ2) is 5.86. The summed E-state index contributed by atoms with van der Waals surface area (Å²) in [4.78, 5) is 11.6. The maximum atomic E-state index is 13.3. The van der Waals surface area contributed by atoms with Gasteiger partial charge in [0.05, 0.1) is 6.21 Å². The molecule has 0 unspecified atom stereocenters. The summed E-state index contributed by atoms with van der Waals surface area (Å²) in [6, 6.07) is 11.6. The molecule has 5 heteroatoms. The standard InChI is InChI=1S/C14H10F2N2O/c15-12-7-6-11(13(16)8-12)9-17-18-14(19)10-4-2-1-3-5-10/h1-9H,(H,18,19)/b17-9-. The molecule has 1 amide bonds. The molecular weight excluding hydrogens is 250 g/mol. The molecule has 0 fully saturated rings. The van der Waals surface area contributed by atoms with Gasteiger partial charge in [0.2, 0.25) is 0 Å². The van der Waals surface area contributed by atoms with Crippen LogP contribution in [0.3, 0.4) is 0 Å². The first kappa shape index (κ1) is 12.9. The normalized spacial score (nSPS) is 10.6. The molecule has 0 saturated carbocycles. The first-order valence-electron chi connectivity index (χ1n) is 5.50. The van der Waals surface area contributed by atoms with E-state index in [4.69, 9.17) is 0 Å². The second-order valence-corrected chi connectivity index (χ2v) is 3.73. The van der Waals surface area contributed by atoms with Crippen molar-refractivity contribution in [1.82, 2.24) is 5.43 Å². The predicted molar refractivity (Wildman–Crippen MR) is 67.9 cm³/mol. The molecule has 2 rings (SSSR count). The minimum absolute atomic E-state index is 0.0924. The lowest BCUT2D eigenvalue weighted by Crippen LogP contribution is -2.17. The molecule has 0 saturated heterocycles. The van der Waals surface area contributed by atoms with Gasteiger partial charge in [-0.05, 0) is 24.3 Å². The summed E-state index contributed by atoms with van der Waals surface area (Å²) < 4.78 is 25.9. The Bertz CT molecular complexity index is 612. The topological polar surface area (TPSA) is 41.5 Å². The van der Waals surface area contributed by atoms with Gasteiger partial charge in [-0.25, -0.2) is 14.2 Å². The van der Waals surface area contributed by atoms with E-state index >= 15 is 0 Å². The average molecular weight is 260 g/mol. The summed E-state index contributed by atoms with van der Waals surface area (Å²) in [5.74, 6) is -1.81. The highest BCUT2D eigenvalue weighted by atomic mass is 19.1. The fourth-order valence-electron chi connectivity index (χ4n) is 1.42. The molecule has 0 aliphatic carbocycles. The zero-order valence-corrected chi connectivity index (χ0v) is 9.81. The third-order valence-electron chi connectivity index (χ3n) is 2.37. The molecule has 0 bridgehead atoms. The monoisotopic (exact) mass is 260 g/mol.